The molecule has 0 rings (SSSR count). The summed E-state index contributed by atoms with van der Waals surface area (Å²) in [4.78, 5) is 0. The van der Waals surface area contributed by atoms with Gasteiger partial charge in [0.1, 0.15) is 6.61 Å². The summed E-state index contributed by atoms with van der Waals surface area (Å²) in [6.45, 7) is 5.47. The fourth-order valence-corrected chi connectivity index (χ4v) is 1.73. The summed E-state index contributed by atoms with van der Waals surface area (Å²) in [5.41, 5.74) is 2.79. The van der Waals surface area contributed by atoms with Gasteiger partial charge in [-0.1, -0.05) is 29.2 Å². The van der Waals surface area contributed by atoms with E-state index in [9.17, 15) is 0 Å². The van der Waals surface area contributed by atoms with Crippen LogP contribution in [-0.4, -0.2) is 19.1 Å². The molecule has 0 aliphatic heterocycles. The smallest absolute Gasteiger partial charge is 0.107 e. The van der Waals surface area contributed by atoms with Gasteiger partial charge in [0.25, 0.3) is 0 Å². The average Bonchev–Trinajstić information content (AvgIpc) is 2.29. The van der Waals surface area contributed by atoms with Gasteiger partial charge < -0.3 is 4.74 Å². The van der Waals surface area contributed by atoms with E-state index in [0.717, 1.165) is 32.3 Å². The Hall–Kier alpha value is -0.710. The van der Waals surface area contributed by atoms with E-state index in [-0.39, 0.29) is 0 Å². The molecule has 0 aromatic carbocycles. The Bertz CT molecular complexity index is 284. The highest BCUT2D eigenvalue weighted by molar-refractivity contribution is 6.18. The zero-order valence-corrected chi connectivity index (χ0v) is 11.7. The number of halogens is 1. The SMILES string of the molecule is C#CCOCCC/C(C)=C/CC/C(C)=C/CCl. The minimum absolute atomic E-state index is 0.422. The lowest BCUT2D eigenvalue weighted by Gasteiger charge is -2.02. The molecule has 0 fully saturated rings. The van der Waals surface area contributed by atoms with Crippen LogP contribution >= 0.6 is 11.6 Å². The topological polar surface area (TPSA) is 9.23 Å². The molecular weight excluding hydrogens is 232 g/mol. The van der Waals surface area contributed by atoms with E-state index in [1.807, 2.05) is 0 Å². The van der Waals surface area contributed by atoms with Gasteiger partial charge in [-0.05, 0) is 39.5 Å². The maximum Gasteiger partial charge on any atom is 0.107 e. The van der Waals surface area contributed by atoms with E-state index in [0.29, 0.717) is 12.5 Å². The van der Waals surface area contributed by atoms with Crippen molar-refractivity contribution in [1.29, 1.82) is 0 Å². The number of allylic oxidation sites excluding steroid dienone is 4. The number of terminal acetylenes is 1. The Kier molecular flexibility index (Phi) is 11.3. The summed E-state index contributed by atoms with van der Waals surface area (Å²) >= 11 is 5.63. The van der Waals surface area contributed by atoms with Crippen molar-refractivity contribution in [3.05, 3.63) is 23.3 Å². The molecule has 0 amide bonds. The monoisotopic (exact) mass is 254 g/mol. The fraction of sp³-hybridized carbons (Fsp3) is 0.600. The second-order valence-electron chi connectivity index (χ2n) is 4.15. The van der Waals surface area contributed by atoms with Crippen molar-refractivity contribution in [3.63, 3.8) is 0 Å². The van der Waals surface area contributed by atoms with Gasteiger partial charge >= 0.3 is 0 Å². The zero-order chi connectivity index (χ0) is 12.9. The highest BCUT2D eigenvalue weighted by atomic mass is 35.5. The maximum absolute atomic E-state index is 5.63. The first kappa shape index (κ1) is 16.3. The molecule has 0 aromatic heterocycles. The number of hydrogen-bond donors (Lipinski definition) is 0. The first-order chi connectivity index (χ1) is 8.20. The molecule has 0 N–H and O–H groups in total. The van der Waals surface area contributed by atoms with Gasteiger partial charge in [-0.15, -0.1) is 18.0 Å². The molecule has 0 saturated heterocycles. The Morgan fingerprint density at radius 1 is 1.24 bits per heavy atom. The van der Waals surface area contributed by atoms with Crippen LogP contribution in [0.25, 0.3) is 0 Å². The Labute approximate surface area is 111 Å². The third-order valence-electron chi connectivity index (χ3n) is 2.50. The Morgan fingerprint density at radius 2 is 1.94 bits per heavy atom. The lowest BCUT2D eigenvalue weighted by molar-refractivity contribution is 0.164. The molecule has 17 heavy (non-hydrogen) atoms. The molecule has 0 aliphatic carbocycles. The van der Waals surface area contributed by atoms with Crippen molar-refractivity contribution in [2.75, 3.05) is 19.1 Å². The Balaban J connectivity index is 3.58. The van der Waals surface area contributed by atoms with E-state index < -0.39 is 0 Å². The minimum atomic E-state index is 0.422. The molecule has 2 heteroatoms. The van der Waals surface area contributed by atoms with Crippen LogP contribution in [0.1, 0.15) is 39.5 Å². The maximum atomic E-state index is 5.63. The van der Waals surface area contributed by atoms with Gasteiger partial charge in [-0.3, -0.25) is 0 Å². The predicted octanol–water partition coefficient (Wildman–Crippen LogP) is 4.33. The first-order valence-electron chi connectivity index (χ1n) is 6.09. The Morgan fingerprint density at radius 3 is 2.59 bits per heavy atom. The van der Waals surface area contributed by atoms with Crippen molar-refractivity contribution < 1.29 is 4.74 Å². The van der Waals surface area contributed by atoms with Gasteiger partial charge in [0, 0.05) is 12.5 Å². The van der Waals surface area contributed by atoms with Crippen LogP contribution in [0, 0.1) is 12.3 Å². The molecule has 0 saturated carbocycles. The number of alkyl halides is 1. The summed E-state index contributed by atoms with van der Waals surface area (Å²) in [5.74, 6) is 3.07. The average molecular weight is 255 g/mol. The molecule has 0 spiro atoms. The molecule has 0 bridgehead atoms. The third kappa shape index (κ3) is 11.6. The minimum Gasteiger partial charge on any atom is -0.369 e. The van der Waals surface area contributed by atoms with E-state index in [2.05, 4.69) is 31.9 Å². The van der Waals surface area contributed by atoms with Crippen molar-refractivity contribution in [1.82, 2.24) is 0 Å². The van der Waals surface area contributed by atoms with Crippen LogP contribution in [0.2, 0.25) is 0 Å². The highest BCUT2D eigenvalue weighted by Crippen LogP contribution is 2.10. The van der Waals surface area contributed by atoms with Crippen LogP contribution < -0.4 is 0 Å². The van der Waals surface area contributed by atoms with Crippen LogP contribution in [0.5, 0.6) is 0 Å². The highest BCUT2D eigenvalue weighted by Gasteiger charge is 1.93. The van der Waals surface area contributed by atoms with E-state index in [1.54, 1.807) is 0 Å². The summed E-state index contributed by atoms with van der Waals surface area (Å²) in [5, 5.41) is 0. The molecule has 0 aromatic rings. The molecule has 0 heterocycles. The summed E-state index contributed by atoms with van der Waals surface area (Å²) in [6.07, 6.45) is 13.8. The van der Waals surface area contributed by atoms with Crippen molar-refractivity contribution >= 4 is 11.6 Å². The van der Waals surface area contributed by atoms with Gasteiger partial charge in [0.05, 0.1) is 0 Å². The van der Waals surface area contributed by atoms with Crippen molar-refractivity contribution in [2.24, 2.45) is 0 Å². The predicted molar refractivity (Wildman–Crippen MR) is 76.4 cm³/mol. The van der Waals surface area contributed by atoms with Gasteiger partial charge in [-0.25, -0.2) is 0 Å². The molecule has 0 radical (unpaired) electrons. The van der Waals surface area contributed by atoms with Crippen LogP contribution in [0.15, 0.2) is 23.3 Å². The summed E-state index contributed by atoms with van der Waals surface area (Å²) in [7, 11) is 0. The van der Waals surface area contributed by atoms with Gasteiger partial charge in [0.15, 0.2) is 0 Å². The van der Waals surface area contributed by atoms with Crippen molar-refractivity contribution in [3.8, 4) is 12.3 Å². The van der Waals surface area contributed by atoms with Gasteiger partial charge in [0.2, 0.25) is 0 Å². The van der Waals surface area contributed by atoms with Crippen molar-refractivity contribution in [2.45, 2.75) is 39.5 Å². The zero-order valence-electron chi connectivity index (χ0n) is 11.0. The molecule has 1 nitrogen and oxygen atoms in total. The van der Waals surface area contributed by atoms with Gasteiger partial charge in [-0.2, -0.15) is 0 Å². The summed E-state index contributed by atoms with van der Waals surface area (Å²) < 4.78 is 5.22. The van der Waals surface area contributed by atoms with E-state index in [1.165, 1.54) is 11.1 Å². The van der Waals surface area contributed by atoms with E-state index >= 15 is 0 Å². The fourth-order valence-electron chi connectivity index (χ4n) is 1.47. The third-order valence-corrected chi connectivity index (χ3v) is 2.66. The van der Waals surface area contributed by atoms with Crippen LogP contribution in [0.4, 0.5) is 0 Å². The molecule has 96 valence electrons. The summed E-state index contributed by atoms with van der Waals surface area (Å²) in [6, 6.07) is 0. The number of ether oxygens (including phenoxy) is 1. The molecule has 0 atom stereocenters. The molecule has 0 unspecified atom stereocenters. The lowest BCUT2D eigenvalue weighted by Crippen LogP contribution is -1.94. The first-order valence-corrected chi connectivity index (χ1v) is 6.62. The lowest BCUT2D eigenvalue weighted by atomic mass is 10.1. The van der Waals surface area contributed by atoms with Crippen LogP contribution in [-0.2, 0) is 4.74 Å². The quantitative estimate of drug-likeness (QED) is 0.258. The molecule has 0 aliphatic rings. The van der Waals surface area contributed by atoms with Crippen LogP contribution in [0.3, 0.4) is 0 Å². The standard InChI is InChI=1S/C15H23ClO/c1-4-12-17-13-6-9-14(2)7-5-8-15(3)10-11-16/h1,7,10H,5-6,8-9,11-13H2,2-3H3/b14-7+,15-10+. The largest absolute Gasteiger partial charge is 0.369 e. The molecular formula is C15H23ClO. The number of hydrogen-bond acceptors (Lipinski definition) is 1. The second kappa shape index (κ2) is 11.8. The number of rotatable bonds is 9. The van der Waals surface area contributed by atoms with E-state index in [4.69, 9.17) is 22.8 Å². The second-order valence-corrected chi connectivity index (χ2v) is 4.46. The normalized spacial score (nSPS) is 12.6.